The monoisotopic (exact) mass is 254 g/mol. The highest BCUT2D eigenvalue weighted by molar-refractivity contribution is 4.84. The maximum Gasteiger partial charge on any atom is 0.0107 e. The van der Waals surface area contributed by atoms with Crippen molar-refractivity contribution in [3.05, 3.63) is 0 Å². The molecule has 0 aromatic heterocycles. The third kappa shape index (κ3) is 4.55. The fourth-order valence-corrected chi connectivity index (χ4v) is 3.71. The molecular formula is C16H34N2. The molecule has 0 radical (unpaired) electrons. The zero-order valence-corrected chi connectivity index (χ0v) is 13.0. The molecule has 1 N–H and O–H groups in total. The molecule has 0 spiro atoms. The first kappa shape index (κ1) is 16.0. The molecule has 1 aliphatic carbocycles. The van der Waals surface area contributed by atoms with Crippen LogP contribution >= 0.6 is 0 Å². The summed E-state index contributed by atoms with van der Waals surface area (Å²) in [4.78, 5) is 2.55. The predicted molar refractivity (Wildman–Crippen MR) is 81.0 cm³/mol. The van der Waals surface area contributed by atoms with Crippen molar-refractivity contribution in [2.24, 2.45) is 11.8 Å². The average Bonchev–Trinajstić information content (AvgIpc) is 2.44. The van der Waals surface area contributed by atoms with Crippen molar-refractivity contribution in [2.75, 3.05) is 26.7 Å². The van der Waals surface area contributed by atoms with Gasteiger partial charge in [-0.2, -0.15) is 0 Å². The molecule has 0 heterocycles. The van der Waals surface area contributed by atoms with Crippen molar-refractivity contribution in [3.8, 4) is 0 Å². The SMILES string of the molecule is CCC1CCCCC1C(CCN(CC)CC)NC. The Morgan fingerprint density at radius 2 is 1.78 bits per heavy atom. The molecule has 18 heavy (non-hydrogen) atoms. The van der Waals surface area contributed by atoms with E-state index in [2.05, 4.69) is 38.0 Å². The summed E-state index contributed by atoms with van der Waals surface area (Å²) >= 11 is 0. The summed E-state index contributed by atoms with van der Waals surface area (Å²) in [7, 11) is 2.16. The lowest BCUT2D eigenvalue weighted by molar-refractivity contribution is 0.161. The number of nitrogens with one attached hydrogen (secondary N) is 1. The topological polar surface area (TPSA) is 15.3 Å². The number of nitrogens with zero attached hydrogens (tertiary/aromatic N) is 1. The number of hydrogen-bond donors (Lipinski definition) is 1. The lowest BCUT2D eigenvalue weighted by atomic mass is 9.73. The van der Waals surface area contributed by atoms with Crippen LogP contribution in [0.25, 0.3) is 0 Å². The van der Waals surface area contributed by atoms with Crippen molar-refractivity contribution in [1.82, 2.24) is 10.2 Å². The molecular weight excluding hydrogens is 220 g/mol. The molecule has 0 aliphatic heterocycles. The molecule has 0 amide bonds. The van der Waals surface area contributed by atoms with Gasteiger partial charge in [0.1, 0.15) is 0 Å². The van der Waals surface area contributed by atoms with Gasteiger partial charge < -0.3 is 10.2 Å². The largest absolute Gasteiger partial charge is 0.317 e. The van der Waals surface area contributed by atoms with Gasteiger partial charge in [-0.25, -0.2) is 0 Å². The molecule has 108 valence electrons. The van der Waals surface area contributed by atoms with Gasteiger partial charge in [-0.1, -0.05) is 46.5 Å². The average molecular weight is 254 g/mol. The van der Waals surface area contributed by atoms with Crippen LogP contribution in [-0.4, -0.2) is 37.6 Å². The Balaban J connectivity index is 2.47. The lowest BCUT2D eigenvalue weighted by Gasteiger charge is -2.37. The second-order valence-corrected chi connectivity index (χ2v) is 5.83. The highest BCUT2D eigenvalue weighted by Gasteiger charge is 2.29. The van der Waals surface area contributed by atoms with Crippen molar-refractivity contribution in [2.45, 2.75) is 65.3 Å². The van der Waals surface area contributed by atoms with E-state index in [-0.39, 0.29) is 0 Å². The summed E-state index contributed by atoms with van der Waals surface area (Å²) < 4.78 is 0. The Labute approximate surface area is 115 Å². The van der Waals surface area contributed by atoms with Crippen molar-refractivity contribution < 1.29 is 0 Å². The van der Waals surface area contributed by atoms with Crippen LogP contribution in [0.15, 0.2) is 0 Å². The molecule has 3 unspecified atom stereocenters. The first-order valence-electron chi connectivity index (χ1n) is 8.16. The minimum atomic E-state index is 0.732. The van der Waals surface area contributed by atoms with E-state index in [1.807, 2.05) is 0 Å². The van der Waals surface area contributed by atoms with Gasteiger partial charge in [0.15, 0.2) is 0 Å². The maximum atomic E-state index is 3.61. The summed E-state index contributed by atoms with van der Waals surface area (Å²) in [5, 5.41) is 3.61. The highest BCUT2D eigenvalue weighted by Crippen LogP contribution is 2.35. The fourth-order valence-electron chi connectivity index (χ4n) is 3.71. The smallest absolute Gasteiger partial charge is 0.0107 e. The van der Waals surface area contributed by atoms with E-state index in [1.54, 1.807) is 0 Å². The minimum Gasteiger partial charge on any atom is -0.317 e. The third-order valence-electron chi connectivity index (χ3n) is 5.03. The molecule has 1 aliphatic rings. The highest BCUT2D eigenvalue weighted by atomic mass is 15.1. The van der Waals surface area contributed by atoms with Crippen molar-refractivity contribution in [3.63, 3.8) is 0 Å². The van der Waals surface area contributed by atoms with Gasteiger partial charge in [0.2, 0.25) is 0 Å². The predicted octanol–water partition coefficient (Wildman–Crippen LogP) is 3.52. The second kappa shape index (κ2) is 8.92. The number of hydrogen-bond acceptors (Lipinski definition) is 2. The minimum absolute atomic E-state index is 0.732. The van der Waals surface area contributed by atoms with Crippen molar-refractivity contribution in [1.29, 1.82) is 0 Å². The molecule has 0 bridgehead atoms. The van der Waals surface area contributed by atoms with Gasteiger partial charge in [-0.15, -0.1) is 0 Å². The zero-order valence-electron chi connectivity index (χ0n) is 13.0. The molecule has 2 nitrogen and oxygen atoms in total. The van der Waals surface area contributed by atoms with Crippen LogP contribution in [0, 0.1) is 11.8 Å². The van der Waals surface area contributed by atoms with Crippen LogP contribution in [0.4, 0.5) is 0 Å². The van der Waals surface area contributed by atoms with E-state index < -0.39 is 0 Å². The van der Waals surface area contributed by atoms with E-state index in [0.29, 0.717) is 0 Å². The Morgan fingerprint density at radius 1 is 1.11 bits per heavy atom. The third-order valence-corrected chi connectivity index (χ3v) is 5.03. The molecule has 1 fully saturated rings. The summed E-state index contributed by atoms with van der Waals surface area (Å²) in [6.45, 7) is 10.6. The van der Waals surface area contributed by atoms with E-state index in [1.165, 1.54) is 58.2 Å². The van der Waals surface area contributed by atoms with Gasteiger partial charge in [-0.05, 0) is 51.4 Å². The first-order chi connectivity index (χ1) is 8.76. The second-order valence-electron chi connectivity index (χ2n) is 5.83. The Morgan fingerprint density at radius 3 is 2.33 bits per heavy atom. The molecule has 3 atom stereocenters. The number of rotatable bonds is 8. The summed E-state index contributed by atoms with van der Waals surface area (Å²) in [5.41, 5.74) is 0. The van der Waals surface area contributed by atoms with Crippen LogP contribution < -0.4 is 5.32 Å². The normalized spacial score (nSPS) is 26.5. The maximum absolute atomic E-state index is 3.61. The first-order valence-corrected chi connectivity index (χ1v) is 8.16. The Kier molecular flexibility index (Phi) is 7.92. The molecule has 1 saturated carbocycles. The van der Waals surface area contributed by atoms with E-state index >= 15 is 0 Å². The molecule has 1 rings (SSSR count). The van der Waals surface area contributed by atoms with Gasteiger partial charge in [-0.3, -0.25) is 0 Å². The van der Waals surface area contributed by atoms with Crippen LogP contribution in [-0.2, 0) is 0 Å². The molecule has 0 aromatic carbocycles. The lowest BCUT2D eigenvalue weighted by Crippen LogP contribution is -2.41. The van der Waals surface area contributed by atoms with E-state index in [0.717, 1.165) is 17.9 Å². The van der Waals surface area contributed by atoms with E-state index in [4.69, 9.17) is 0 Å². The Bertz CT molecular complexity index is 201. The van der Waals surface area contributed by atoms with Crippen LogP contribution in [0.2, 0.25) is 0 Å². The van der Waals surface area contributed by atoms with Crippen LogP contribution in [0.1, 0.15) is 59.3 Å². The summed E-state index contributed by atoms with van der Waals surface area (Å²) in [5.74, 6) is 1.89. The zero-order chi connectivity index (χ0) is 13.4. The van der Waals surface area contributed by atoms with Crippen molar-refractivity contribution >= 4 is 0 Å². The van der Waals surface area contributed by atoms with Crippen LogP contribution in [0.5, 0.6) is 0 Å². The summed E-state index contributed by atoms with van der Waals surface area (Å²) in [6, 6.07) is 0.732. The van der Waals surface area contributed by atoms with Gasteiger partial charge in [0, 0.05) is 6.04 Å². The molecule has 0 saturated heterocycles. The van der Waals surface area contributed by atoms with E-state index in [9.17, 15) is 0 Å². The molecule has 0 aromatic rings. The van der Waals surface area contributed by atoms with Gasteiger partial charge in [0.05, 0.1) is 0 Å². The van der Waals surface area contributed by atoms with Crippen LogP contribution in [0.3, 0.4) is 0 Å². The van der Waals surface area contributed by atoms with Gasteiger partial charge >= 0.3 is 0 Å². The standard InChI is InChI=1S/C16H34N2/c1-5-14-10-8-9-11-15(14)16(17-4)12-13-18(6-2)7-3/h14-17H,5-13H2,1-4H3. The summed E-state index contributed by atoms with van der Waals surface area (Å²) in [6.07, 6.45) is 8.51. The molecule has 2 heteroatoms. The quantitative estimate of drug-likeness (QED) is 0.713. The Hall–Kier alpha value is -0.0800. The van der Waals surface area contributed by atoms with Gasteiger partial charge in [0.25, 0.3) is 0 Å². The fraction of sp³-hybridized carbons (Fsp3) is 1.00.